The van der Waals surface area contributed by atoms with Gasteiger partial charge in [-0.3, -0.25) is 14.8 Å². The minimum atomic E-state index is -0.451. The van der Waals surface area contributed by atoms with Crippen molar-refractivity contribution < 1.29 is 14.3 Å². The van der Waals surface area contributed by atoms with Crippen molar-refractivity contribution in [2.24, 2.45) is 0 Å². The van der Waals surface area contributed by atoms with E-state index in [0.29, 0.717) is 25.3 Å². The van der Waals surface area contributed by atoms with Gasteiger partial charge >= 0.3 is 5.97 Å². The third kappa shape index (κ3) is 3.10. The molecule has 1 saturated heterocycles. The second kappa shape index (κ2) is 6.92. The topological polar surface area (TPSA) is 76.5 Å². The van der Waals surface area contributed by atoms with E-state index in [9.17, 15) is 9.59 Å². The van der Waals surface area contributed by atoms with E-state index in [0.717, 1.165) is 18.5 Å². The minimum absolute atomic E-state index is 0.121. The van der Waals surface area contributed by atoms with Crippen LogP contribution in [0.5, 0.6) is 0 Å². The molecule has 0 aliphatic carbocycles. The van der Waals surface area contributed by atoms with Gasteiger partial charge in [0.05, 0.1) is 31.9 Å². The van der Waals surface area contributed by atoms with E-state index in [1.54, 1.807) is 10.7 Å². The van der Waals surface area contributed by atoms with Gasteiger partial charge in [-0.1, -0.05) is 30.3 Å². The summed E-state index contributed by atoms with van der Waals surface area (Å²) in [7, 11) is 1.34. The number of esters is 1. The standard InChI is InChI=1S/C19H22N4O3/c1-26-19(25)17-11-14-12-22(9-10-23(14)21-17)18(24)16-8-7-15(20-16)13-5-3-2-4-6-13/h2-6,11,15-16,20H,7-10,12H2,1H3/t15-,16-/m1/s1. The molecule has 1 N–H and O–H groups in total. The Morgan fingerprint density at radius 2 is 2.00 bits per heavy atom. The zero-order valence-electron chi connectivity index (χ0n) is 14.7. The van der Waals surface area contributed by atoms with Gasteiger partial charge in [-0.15, -0.1) is 0 Å². The molecule has 1 aromatic carbocycles. The zero-order chi connectivity index (χ0) is 18.1. The second-order valence-corrected chi connectivity index (χ2v) is 6.76. The highest BCUT2D eigenvalue weighted by molar-refractivity contribution is 5.87. The number of nitrogens with one attached hydrogen (secondary N) is 1. The number of aromatic nitrogens is 2. The molecule has 2 aliphatic heterocycles. The van der Waals surface area contributed by atoms with Crippen LogP contribution in [0.25, 0.3) is 0 Å². The predicted molar refractivity (Wildman–Crippen MR) is 94.3 cm³/mol. The van der Waals surface area contributed by atoms with Crippen molar-refractivity contribution in [3.8, 4) is 0 Å². The first-order chi connectivity index (χ1) is 12.7. The first-order valence-corrected chi connectivity index (χ1v) is 8.90. The van der Waals surface area contributed by atoms with Crippen LogP contribution in [0, 0.1) is 0 Å². The average Bonchev–Trinajstić information content (AvgIpc) is 3.34. The Morgan fingerprint density at radius 3 is 2.77 bits per heavy atom. The molecule has 7 heteroatoms. The first kappa shape index (κ1) is 16.8. The number of ether oxygens (including phenoxy) is 1. The van der Waals surface area contributed by atoms with Crippen LogP contribution in [0.4, 0.5) is 0 Å². The number of nitrogens with zero attached hydrogens (tertiary/aromatic N) is 3. The molecule has 4 rings (SSSR count). The summed E-state index contributed by atoms with van der Waals surface area (Å²) >= 11 is 0. The number of hydrogen-bond donors (Lipinski definition) is 1. The fraction of sp³-hybridized carbons (Fsp3) is 0.421. The van der Waals surface area contributed by atoms with Crippen molar-refractivity contribution in [1.82, 2.24) is 20.0 Å². The lowest BCUT2D eigenvalue weighted by Crippen LogP contribution is -2.47. The molecule has 1 amide bonds. The lowest BCUT2D eigenvalue weighted by atomic mass is 10.1. The largest absolute Gasteiger partial charge is 0.464 e. The Morgan fingerprint density at radius 1 is 1.19 bits per heavy atom. The molecular formula is C19H22N4O3. The Bertz CT molecular complexity index is 817. The van der Waals surface area contributed by atoms with Crippen LogP contribution in [0.3, 0.4) is 0 Å². The molecule has 2 aromatic rings. The summed E-state index contributed by atoms with van der Waals surface area (Å²) in [5.74, 6) is -0.330. The van der Waals surface area contributed by atoms with Gasteiger partial charge < -0.3 is 9.64 Å². The lowest BCUT2D eigenvalue weighted by molar-refractivity contribution is -0.134. The van der Waals surface area contributed by atoms with Gasteiger partial charge in [0, 0.05) is 12.6 Å². The molecule has 0 spiro atoms. The quantitative estimate of drug-likeness (QED) is 0.846. The van der Waals surface area contributed by atoms with Crippen LogP contribution in [0.1, 0.15) is 40.6 Å². The number of hydrogen-bond acceptors (Lipinski definition) is 5. The van der Waals surface area contributed by atoms with Crippen LogP contribution in [0.2, 0.25) is 0 Å². The molecule has 0 saturated carbocycles. The van der Waals surface area contributed by atoms with Crippen LogP contribution in [0.15, 0.2) is 36.4 Å². The van der Waals surface area contributed by atoms with E-state index in [2.05, 4.69) is 22.5 Å². The molecule has 7 nitrogen and oxygen atoms in total. The Labute approximate surface area is 151 Å². The van der Waals surface area contributed by atoms with Gasteiger partial charge in [-0.25, -0.2) is 4.79 Å². The molecule has 0 unspecified atom stereocenters. The summed E-state index contributed by atoms with van der Waals surface area (Å²) in [4.78, 5) is 26.4. The molecule has 2 atom stereocenters. The first-order valence-electron chi connectivity index (χ1n) is 8.90. The van der Waals surface area contributed by atoms with E-state index in [1.807, 2.05) is 23.1 Å². The van der Waals surface area contributed by atoms with Crippen LogP contribution in [-0.2, 0) is 22.6 Å². The van der Waals surface area contributed by atoms with E-state index in [4.69, 9.17) is 4.74 Å². The van der Waals surface area contributed by atoms with Gasteiger partial charge in [0.15, 0.2) is 5.69 Å². The third-order valence-corrected chi connectivity index (χ3v) is 5.15. The molecule has 3 heterocycles. The second-order valence-electron chi connectivity index (χ2n) is 6.76. The third-order valence-electron chi connectivity index (χ3n) is 5.15. The van der Waals surface area contributed by atoms with Crippen molar-refractivity contribution in [2.45, 2.75) is 38.0 Å². The van der Waals surface area contributed by atoms with Crippen molar-refractivity contribution in [3.63, 3.8) is 0 Å². The fourth-order valence-electron chi connectivity index (χ4n) is 3.77. The summed E-state index contributed by atoms with van der Waals surface area (Å²) in [5, 5.41) is 7.73. The van der Waals surface area contributed by atoms with Crippen molar-refractivity contribution >= 4 is 11.9 Å². The molecule has 1 fully saturated rings. The minimum Gasteiger partial charge on any atom is -0.464 e. The smallest absolute Gasteiger partial charge is 0.358 e. The lowest BCUT2D eigenvalue weighted by Gasteiger charge is -2.30. The van der Waals surface area contributed by atoms with E-state index in [1.165, 1.54) is 12.7 Å². The van der Waals surface area contributed by atoms with Gasteiger partial charge in [0.1, 0.15) is 0 Å². The number of benzene rings is 1. The molecule has 26 heavy (non-hydrogen) atoms. The van der Waals surface area contributed by atoms with E-state index in [-0.39, 0.29) is 18.0 Å². The van der Waals surface area contributed by atoms with Gasteiger partial charge in [0.2, 0.25) is 5.91 Å². The zero-order valence-corrected chi connectivity index (χ0v) is 14.7. The summed E-state index contributed by atoms with van der Waals surface area (Å²) in [6.45, 7) is 1.66. The maximum Gasteiger partial charge on any atom is 0.358 e. The number of fused-ring (bicyclic) bond motifs is 1. The van der Waals surface area contributed by atoms with Crippen LogP contribution in [-0.4, -0.2) is 46.3 Å². The summed E-state index contributed by atoms with van der Waals surface area (Å²) in [6, 6.07) is 12.0. The van der Waals surface area contributed by atoms with Crippen molar-refractivity contribution in [1.29, 1.82) is 0 Å². The normalized spacial score (nSPS) is 22.1. The van der Waals surface area contributed by atoms with Gasteiger partial charge in [-0.2, -0.15) is 5.10 Å². The predicted octanol–water partition coefficient (Wildman–Crippen LogP) is 1.51. The maximum atomic E-state index is 12.9. The number of methoxy groups -OCH3 is 1. The van der Waals surface area contributed by atoms with E-state index >= 15 is 0 Å². The van der Waals surface area contributed by atoms with E-state index < -0.39 is 5.97 Å². The summed E-state index contributed by atoms with van der Waals surface area (Å²) < 4.78 is 6.50. The highest BCUT2D eigenvalue weighted by atomic mass is 16.5. The fourth-order valence-corrected chi connectivity index (χ4v) is 3.77. The van der Waals surface area contributed by atoms with Crippen LogP contribution < -0.4 is 5.32 Å². The van der Waals surface area contributed by atoms with Gasteiger partial charge in [-0.05, 0) is 24.5 Å². The van der Waals surface area contributed by atoms with Crippen molar-refractivity contribution in [2.75, 3.05) is 13.7 Å². The number of carbonyl (C=O) groups excluding carboxylic acids is 2. The number of rotatable bonds is 3. The number of carbonyl (C=O) groups is 2. The highest BCUT2D eigenvalue weighted by Gasteiger charge is 2.34. The Kier molecular flexibility index (Phi) is 4.46. The monoisotopic (exact) mass is 354 g/mol. The maximum absolute atomic E-state index is 12.9. The van der Waals surface area contributed by atoms with Crippen LogP contribution >= 0.6 is 0 Å². The van der Waals surface area contributed by atoms with Crippen molar-refractivity contribution in [3.05, 3.63) is 53.3 Å². The summed E-state index contributed by atoms with van der Waals surface area (Å²) in [5.41, 5.74) is 2.38. The summed E-state index contributed by atoms with van der Waals surface area (Å²) in [6.07, 6.45) is 1.79. The SMILES string of the molecule is COC(=O)c1cc2n(n1)CCN(C(=O)[C@H]1CC[C@H](c3ccccc3)N1)C2. The highest BCUT2D eigenvalue weighted by Crippen LogP contribution is 2.28. The molecular weight excluding hydrogens is 332 g/mol. The Balaban J connectivity index is 1.42. The Hall–Kier alpha value is -2.67. The molecule has 0 bridgehead atoms. The molecule has 2 aliphatic rings. The average molecular weight is 354 g/mol. The molecule has 0 radical (unpaired) electrons. The number of amides is 1. The molecule has 1 aromatic heterocycles. The molecule has 136 valence electrons. The van der Waals surface area contributed by atoms with Gasteiger partial charge in [0.25, 0.3) is 0 Å².